The fourth-order valence-electron chi connectivity index (χ4n) is 5.85. The SMILES string of the molecule is CC1C2(C)CC3C14C([I-]OC4(C)C2(C)C)S3(=O)=O. The molecule has 3 nitrogen and oxygen atoms in total. The molecule has 2 saturated heterocycles. The summed E-state index contributed by atoms with van der Waals surface area (Å²) in [5, 5.41) is -0.116. The molecule has 2 heterocycles. The average Bonchev–Trinajstić information content (AvgIpc) is 2.72. The Balaban J connectivity index is 2.07. The molecule has 4 aliphatic rings. The molecule has 1 spiro atoms. The van der Waals surface area contributed by atoms with Gasteiger partial charge in [0.05, 0.1) is 0 Å². The molecular formula is C13H20IO3S-. The second kappa shape index (κ2) is 2.69. The minimum absolute atomic E-state index is 0.0582. The molecular weight excluding hydrogens is 363 g/mol. The van der Waals surface area contributed by atoms with Gasteiger partial charge in [0.15, 0.2) is 0 Å². The van der Waals surface area contributed by atoms with E-state index in [0.29, 0.717) is 5.92 Å². The molecule has 104 valence electrons. The molecule has 0 aromatic rings. The van der Waals surface area contributed by atoms with E-state index in [9.17, 15) is 8.42 Å². The molecule has 18 heavy (non-hydrogen) atoms. The Bertz CT molecular complexity index is 571. The topological polar surface area (TPSA) is 43.4 Å². The molecule has 6 atom stereocenters. The quantitative estimate of drug-likeness (QED) is 0.397. The summed E-state index contributed by atoms with van der Waals surface area (Å²) in [5.41, 5.74) is -0.115. The van der Waals surface area contributed by atoms with Crippen LogP contribution in [0.2, 0.25) is 0 Å². The first kappa shape index (κ1) is 12.4. The third-order valence-electron chi connectivity index (χ3n) is 7.60. The van der Waals surface area contributed by atoms with Gasteiger partial charge in [-0.15, -0.1) is 0 Å². The Morgan fingerprint density at radius 1 is 1.22 bits per heavy atom. The first-order chi connectivity index (χ1) is 8.08. The number of rotatable bonds is 0. The van der Waals surface area contributed by atoms with Crippen LogP contribution in [0, 0.1) is 22.2 Å². The molecule has 0 amide bonds. The van der Waals surface area contributed by atoms with Crippen LogP contribution in [-0.2, 0) is 12.9 Å². The van der Waals surface area contributed by atoms with Crippen molar-refractivity contribution in [3.63, 3.8) is 0 Å². The van der Waals surface area contributed by atoms with Gasteiger partial charge >= 0.3 is 120 Å². The van der Waals surface area contributed by atoms with Gasteiger partial charge in [-0.2, -0.15) is 0 Å². The first-order valence-electron chi connectivity index (χ1n) is 6.63. The van der Waals surface area contributed by atoms with Crippen LogP contribution < -0.4 is 21.6 Å². The molecule has 4 fully saturated rings. The van der Waals surface area contributed by atoms with Crippen LogP contribution in [0.1, 0.15) is 41.0 Å². The summed E-state index contributed by atoms with van der Waals surface area (Å²) in [6.07, 6.45) is 0.850. The monoisotopic (exact) mass is 383 g/mol. The van der Waals surface area contributed by atoms with Crippen LogP contribution in [0.25, 0.3) is 0 Å². The zero-order valence-electron chi connectivity index (χ0n) is 11.5. The Labute approximate surface area is 120 Å². The van der Waals surface area contributed by atoms with Gasteiger partial charge in [0, 0.05) is 0 Å². The van der Waals surface area contributed by atoms with Crippen molar-refractivity contribution in [2.45, 2.75) is 55.1 Å². The van der Waals surface area contributed by atoms with Gasteiger partial charge in [-0.05, 0) is 0 Å². The van der Waals surface area contributed by atoms with Crippen LogP contribution in [0.3, 0.4) is 0 Å². The number of fused-ring (bicyclic) bond motifs is 1. The van der Waals surface area contributed by atoms with Crippen molar-refractivity contribution in [2.75, 3.05) is 0 Å². The zero-order valence-corrected chi connectivity index (χ0v) is 14.4. The van der Waals surface area contributed by atoms with Crippen LogP contribution >= 0.6 is 0 Å². The van der Waals surface area contributed by atoms with Crippen molar-refractivity contribution in [2.24, 2.45) is 22.2 Å². The van der Waals surface area contributed by atoms with Crippen LogP contribution in [-0.4, -0.2) is 22.5 Å². The summed E-state index contributed by atoms with van der Waals surface area (Å²) < 4.78 is 31.1. The number of alkyl halides is 1. The third kappa shape index (κ3) is 0.731. The molecule has 2 aliphatic carbocycles. The zero-order chi connectivity index (χ0) is 13.4. The Morgan fingerprint density at radius 3 is 2.44 bits per heavy atom. The molecule has 0 radical (unpaired) electrons. The van der Waals surface area contributed by atoms with Crippen molar-refractivity contribution < 1.29 is 33.1 Å². The Kier molecular flexibility index (Phi) is 1.85. The van der Waals surface area contributed by atoms with Gasteiger partial charge in [-0.1, -0.05) is 0 Å². The van der Waals surface area contributed by atoms with E-state index >= 15 is 0 Å². The maximum absolute atomic E-state index is 12.5. The standard InChI is InChI=1S/C13H20IO3S/c1-7-11(4)6-8-13(7)9(18(8,15)16)14-17-12(13,5)10(11,2)3/h7-9H,6H2,1-5H3/q-1. The predicted molar refractivity (Wildman–Crippen MR) is 64.1 cm³/mol. The molecule has 2 bridgehead atoms. The van der Waals surface area contributed by atoms with Crippen LogP contribution in [0.15, 0.2) is 0 Å². The minimum atomic E-state index is -2.88. The first-order valence-corrected chi connectivity index (χ1v) is 10.4. The molecule has 0 aromatic carbocycles. The van der Waals surface area contributed by atoms with E-state index < -0.39 is 31.5 Å². The summed E-state index contributed by atoms with van der Waals surface area (Å²) in [4.78, 5) is 0. The van der Waals surface area contributed by atoms with Gasteiger partial charge in [-0.3, -0.25) is 0 Å². The summed E-state index contributed by atoms with van der Waals surface area (Å²) in [6, 6.07) is 0. The molecule has 0 aromatic heterocycles. The number of hydrogen-bond donors (Lipinski definition) is 0. The predicted octanol–water partition coefficient (Wildman–Crippen LogP) is -1.03. The molecule has 2 saturated carbocycles. The normalized spacial score (nSPS) is 66.2. The van der Waals surface area contributed by atoms with Crippen LogP contribution in [0.5, 0.6) is 0 Å². The fraction of sp³-hybridized carbons (Fsp3) is 1.00. The van der Waals surface area contributed by atoms with Crippen molar-refractivity contribution in [3.05, 3.63) is 0 Å². The second-order valence-corrected chi connectivity index (χ2v) is 12.8. The van der Waals surface area contributed by atoms with E-state index in [1.165, 1.54) is 0 Å². The maximum atomic E-state index is 12.5. The summed E-state index contributed by atoms with van der Waals surface area (Å²) in [6.45, 7) is 11.4. The summed E-state index contributed by atoms with van der Waals surface area (Å²) in [5.74, 6) is 0.464. The van der Waals surface area contributed by atoms with Crippen molar-refractivity contribution >= 4 is 9.84 Å². The number of halogens is 1. The van der Waals surface area contributed by atoms with Crippen LogP contribution in [0.4, 0.5) is 0 Å². The van der Waals surface area contributed by atoms with Crippen molar-refractivity contribution in [1.29, 1.82) is 0 Å². The summed E-state index contributed by atoms with van der Waals surface area (Å²) in [7, 11) is -2.88. The molecule has 5 heteroatoms. The van der Waals surface area contributed by atoms with E-state index in [1.807, 2.05) is 0 Å². The van der Waals surface area contributed by atoms with E-state index in [2.05, 4.69) is 34.6 Å². The molecule has 0 N–H and O–H groups in total. The van der Waals surface area contributed by atoms with Gasteiger partial charge in [0.1, 0.15) is 0 Å². The van der Waals surface area contributed by atoms with Gasteiger partial charge in [0.25, 0.3) is 0 Å². The van der Waals surface area contributed by atoms with Gasteiger partial charge < -0.3 is 0 Å². The van der Waals surface area contributed by atoms with Crippen molar-refractivity contribution in [1.82, 2.24) is 0 Å². The Morgan fingerprint density at radius 2 is 1.83 bits per heavy atom. The number of hydrogen-bond acceptors (Lipinski definition) is 3. The van der Waals surface area contributed by atoms with E-state index in [0.717, 1.165) is 6.42 Å². The fourth-order valence-corrected chi connectivity index (χ4v) is 14.9. The Hall–Kier alpha value is 0.640. The number of sulfone groups is 1. The van der Waals surface area contributed by atoms with Gasteiger partial charge in [0.2, 0.25) is 0 Å². The van der Waals surface area contributed by atoms with Crippen molar-refractivity contribution in [3.8, 4) is 0 Å². The average molecular weight is 383 g/mol. The van der Waals surface area contributed by atoms with E-state index in [1.54, 1.807) is 0 Å². The molecule has 4 rings (SSSR count). The van der Waals surface area contributed by atoms with Gasteiger partial charge in [-0.25, -0.2) is 0 Å². The second-order valence-electron chi connectivity index (χ2n) is 7.49. The third-order valence-corrected chi connectivity index (χ3v) is 15.2. The van der Waals surface area contributed by atoms with E-state index in [4.69, 9.17) is 3.07 Å². The molecule has 2 aliphatic heterocycles. The molecule has 6 unspecified atom stereocenters. The van der Waals surface area contributed by atoms with E-state index in [-0.39, 0.29) is 30.4 Å². The summed E-state index contributed by atoms with van der Waals surface area (Å²) >= 11 is -0.656.